The van der Waals surface area contributed by atoms with Crippen molar-refractivity contribution in [2.45, 2.75) is 13.0 Å². The van der Waals surface area contributed by atoms with Gasteiger partial charge in [0.1, 0.15) is 11.9 Å². The van der Waals surface area contributed by atoms with E-state index in [0.717, 1.165) is 20.1 Å². The van der Waals surface area contributed by atoms with Crippen LogP contribution in [0.3, 0.4) is 0 Å². The summed E-state index contributed by atoms with van der Waals surface area (Å²) in [5.74, 6) is -0.645. The van der Waals surface area contributed by atoms with Crippen molar-refractivity contribution >= 4 is 33.1 Å². The SMILES string of the molecule is C[C@@H](c1nc2ccccc2s1)[NH+](C)CC(=O)Nc1ccccc1F. The number of nitrogens with zero attached hydrogens (tertiary/aromatic N) is 1. The minimum Gasteiger partial charge on any atom is -0.322 e. The van der Waals surface area contributed by atoms with Crippen LogP contribution in [0.15, 0.2) is 48.5 Å². The van der Waals surface area contributed by atoms with Crippen LogP contribution in [-0.2, 0) is 4.79 Å². The number of hydrogen-bond donors (Lipinski definition) is 2. The second-order valence-corrected chi connectivity index (χ2v) is 6.85. The monoisotopic (exact) mass is 344 g/mol. The van der Waals surface area contributed by atoms with Gasteiger partial charge < -0.3 is 10.2 Å². The number of likely N-dealkylation sites (N-methyl/N-ethyl adjacent to an activating group) is 1. The number of anilines is 1. The van der Waals surface area contributed by atoms with E-state index in [0.29, 0.717) is 0 Å². The first-order valence-electron chi connectivity index (χ1n) is 7.77. The highest BCUT2D eigenvalue weighted by Gasteiger charge is 2.22. The van der Waals surface area contributed by atoms with Crippen LogP contribution in [0.1, 0.15) is 18.0 Å². The van der Waals surface area contributed by atoms with E-state index in [1.807, 2.05) is 38.2 Å². The van der Waals surface area contributed by atoms with Gasteiger partial charge >= 0.3 is 0 Å². The topological polar surface area (TPSA) is 46.4 Å². The highest BCUT2D eigenvalue weighted by molar-refractivity contribution is 7.18. The Labute approximate surface area is 143 Å². The number of carbonyl (C=O) groups is 1. The fraction of sp³-hybridized carbons (Fsp3) is 0.222. The maximum atomic E-state index is 13.6. The molecule has 1 amide bonds. The Balaban J connectivity index is 1.66. The molecule has 0 fully saturated rings. The molecule has 1 aromatic heterocycles. The number of benzene rings is 2. The average molecular weight is 344 g/mol. The van der Waals surface area contributed by atoms with Gasteiger partial charge in [-0.3, -0.25) is 4.79 Å². The molecule has 0 aliphatic rings. The Kier molecular flexibility index (Phi) is 4.87. The molecule has 6 heteroatoms. The molecule has 0 aliphatic carbocycles. The predicted octanol–water partition coefficient (Wildman–Crippen LogP) is 2.65. The van der Waals surface area contributed by atoms with Crippen LogP contribution in [0.2, 0.25) is 0 Å². The number of fused-ring (bicyclic) bond motifs is 1. The van der Waals surface area contributed by atoms with E-state index in [2.05, 4.69) is 10.3 Å². The Morgan fingerprint density at radius 2 is 1.96 bits per heavy atom. The minimum atomic E-state index is -0.428. The Hall–Kier alpha value is -2.31. The number of thiazole rings is 1. The molecule has 2 N–H and O–H groups in total. The highest BCUT2D eigenvalue weighted by Crippen LogP contribution is 2.24. The van der Waals surface area contributed by atoms with Gasteiger partial charge in [0, 0.05) is 0 Å². The quantitative estimate of drug-likeness (QED) is 0.747. The van der Waals surface area contributed by atoms with Gasteiger partial charge in [-0.25, -0.2) is 9.37 Å². The van der Waals surface area contributed by atoms with Crippen LogP contribution in [-0.4, -0.2) is 24.5 Å². The van der Waals surface area contributed by atoms with Crippen LogP contribution in [0.4, 0.5) is 10.1 Å². The zero-order valence-corrected chi connectivity index (χ0v) is 14.4. The second-order valence-electron chi connectivity index (χ2n) is 5.79. The van der Waals surface area contributed by atoms with Gasteiger partial charge in [0.25, 0.3) is 5.91 Å². The molecule has 4 nitrogen and oxygen atoms in total. The van der Waals surface area contributed by atoms with Crippen LogP contribution in [0.25, 0.3) is 10.2 Å². The van der Waals surface area contributed by atoms with Gasteiger partial charge in [0.2, 0.25) is 0 Å². The van der Waals surface area contributed by atoms with Crippen molar-refractivity contribution in [2.75, 3.05) is 18.9 Å². The summed E-state index contributed by atoms with van der Waals surface area (Å²) in [7, 11) is 1.94. The molecule has 0 aliphatic heterocycles. The molecule has 124 valence electrons. The third-order valence-corrected chi connectivity index (χ3v) is 5.23. The van der Waals surface area contributed by atoms with Crippen molar-refractivity contribution in [1.29, 1.82) is 0 Å². The number of carbonyl (C=O) groups excluding carboxylic acids is 1. The van der Waals surface area contributed by atoms with Gasteiger partial charge in [-0.15, -0.1) is 11.3 Å². The van der Waals surface area contributed by atoms with Gasteiger partial charge in [-0.1, -0.05) is 24.3 Å². The van der Waals surface area contributed by atoms with Crippen molar-refractivity contribution in [3.05, 3.63) is 59.4 Å². The fourth-order valence-corrected chi connectivity index (χ4v) is 3.56. The zero-order chi connectivity index (χ0) is 17.1. The summed E-state index contributed by atoms with van der Waals surface area (Å²) in [4.78, 5) is 17.8. The summed E-state index contributed by atoms with van der Waals surface area (Å²) in [6, 6.07) is 14.2. The minimum absolute atomic E-state index is 0.0776. The molecule has 0 saturated heterocycles. The average Bonchev–Trinajstić information content (AvgIpc) is 3.00. The summed E-state index contributed by atoms with van der Waals surface area (Å²) in [6.45, 7) is 2.29. The lowest BCUT2D eigenvalue weighted by atomic mass is 10.3. The van der Waals surface area contributed by atoms with E-state index in [-0.39, 0.29) is 24.2 Å². The standard InChI is InChI=1S/C18H18FN3OS/c1-12(18-21-15-9-5-6-10-16(15)24-18)22(2)11-17(23)20-14-8-4-3-7-13(14)19/h3-10,12H,11H2,1-2H3,(H,20,23)/p+1/t12-/m0/s1. The largest absolute Gasteiger partial charge is 0.322 e. The molecule has 2 atom stereocenters. The van der Waals surface area contributed by atoms with Crippen LogP contribution >= 0.6 is 11.3 Å². The van der Waals surface area contributed by atoms with Crippen LogP contribution in [0, 0.1) is 5.82 Å². The van der Waals surface area contributed by atoms with E-state index in [1.54, 1.807) is 29.5 Å². The second kappa shape index (κ2) is 7.07. The fourth-order valence-electron chi connectivity index (χ4n) is 2.45. The molecular weight excluding hydrogens is 325 g/mol. The third-order valence-electron chi connectivity index (χ3n) is 4.01. The predicted molar refractivity (Wildman–Crippen MR) is 94.8 cm³/mol. The van der Waals surface area contributed by atoms with Crippen LogP contribution in [0.5, 0.6) is 0 Å². The van der Waals surface area contributed by atoms with E-state index in [1.165, 1.54) is 6.07 Å². The maximum absolute atomic E-state index is 13.6. The molecule has 1 unspecified atom stereocenters. The lowest BCUT2D eigenvalue weighted by Gasteiger charge is -2.19. The van der Waals surface area contributed by atoms with E-state index in [9.17, 15) is 9.18 Å². The smallest absolute Gasteiger partial charge is 0.279 e. The first kappa shape index (κ1) is 16.5. The van der Waals surface area contributed by atoms with E-state index >= 15 is 0 Å². The summed E-state index contributed by atoms with van der Waals surface area (Å²) in [5.41, 5.74) is 1.19. The Morgan fingerprint density at radius 1 is 1.25 bits per heavy atom. The third kappa shape index (κ3) is 3.60. The van der Waals surface area contributed by atoms with Crippen molar-refractivity contribution in [1.82, 2.24) is 4.98 Å². The number of para-hydroxylation sites is 2. The van der Waals surface area contributed by atoms with Crippen LogP contribution < -0.4 is 10.2 Å². The number of aromatic nitrogens is 1. The number of quaternary nitrogens is 1. The molecule has 0 saturated carbocycles. The van der Waals surface area contributed by atoms with E-state index in [4.69, 9.17) is 0 Å². The van der Waals surface area contributed by atoms with E-state index < -0.39 is 5.82 Å². The van der Waals surface area contributed by atoms with Gasteiger partial charge in [-0.05, 0) is 31.2 Å². The normalized spacial score (nSPS) is 13.6. The summed E-state index contributed by atoms with van der Waals surface area (Å²) < 4.78 is 14.7. The Bertz CT molecular complexity index is 831. The van der Waals surface area contributed by atoms with Crippen molar-refractivity contribution in [3.8, 4) is 0 Å². The number of halogens is 1. The zero-order valence-electron chi connectivity index (χ0n) is 13.5. The highest BCUT2D eigenvalue weighted by atomic mass is 32.1. The molecule has 3 aromatic rings. The summed E-state index contributed by atoms with van der Waals surface area (Å²) in [6.07, 6.45) is 0. The Morgan fingerprint density at radius 3 is 2.71 bits per heavy atom. The van der Waals surface area contributed by atoms with Gasteiger partial charge in [0.15, 0.2) is 11.6 Å². The molecule has 0 bridgehead atoms. The summed E-state index contributed by atoms with van der Waals surface area (Å²) >= 11 is 1.64. The number of rotatable bonds is 5. The number of nitrogens with one attached hydrogen (secondary N) is 2. The number of amides is 1. The molecule has 2 aromatic carbocycles. The lowest BCUT2D eigenvalue weighted by Crippen LogP contribution is -3.10. The lowest BCUT2D eigenvalue weighted by molar-refractivity contribution is -0.902. The molecule has 3 rings (SSSR count). The molecular formula is C18H19FN3OS+. The summed E-state index contributed by atoms with van der Waals surface area (Å²) in [5, 5.41) is 3.62. The van der Waals surface area contributed by atoms with Gasteiger partial charge in [0.05, 0.1) is 23.0 Å². The van der Waals surface area contributed by atoms with Crippen molar-refractivity contribution in [3.63, 3.8) is 0 Å². The first-order chi connectivity index (χ1) is 11.5. The molecule has 0 spiro atoms. The van der Waals surface area contributed by atoms with Crippen molar-refractivity contribution in [2.24, 2.45) is 0 Å². The molecule has 1 heterocycles. The number of hydrogen-bond acceptors (Lipinski definition) is 3. The van der Waals surface area contributed by atoms with Gasteiger partial charge in [-0.2, -0.15) is 0 Å². The maximum Gasteiger partial charge on any atom is 0.279 e. The molecule has 0 radical (unpaired) electrons. The first-order valence-corrected chi connectivity index (χ1v) is 8.58. The van der Waals surface area contributed by atoms with Crippen molar-refractivity contribution < 1.29 is 14.1 Å². The molecule has 24 heavy (non-hydrogen) atoms.